The van der Waals surface area contributed by atoms with Gasteiger partial charge in [-0.05, 0) is 41.9 Å². The van der Waals surface area contributed by atoms with Crippen molar-refractivity contribution in [2.24, 2.45) is 0 Å². The van der Waals surface area contributed by atoms with E-state index in [2.05, 4.69) is 21.0 Å². The largest absolute Gasteiger partial charge is 0.452 e. The van der Waals surface area contributed by atoms with Crippen molar-refractivity contribution in [3.05, 3.63) is 34.0 Å². The van der Waals surface area contributed by atoms with Gasteiger partial charge in [-0.1, -0.05) is 0 Å². The number of furan rings is 1. The fraction of sp³-hybridized carbons (Fsp3) is 0.385. The first-order valence-electron chi connectivity index (χ1n) is 6.26. The van der Waals surface area contributed by atoms with Gasteiger partial charge in [0.05, 0.1) is 17.9 Å². The van der Waals surface area contributed by atoms with Crippen LogP contribution in [-0.2, 0) is 13.1 Å². The molecule has 2 aromatic rings. The fourth-order valence-electron chi connectivity index (χ4n) is 1.97. The van der Waals surface area contributed by atoms with E-state index in [4.69, 9.17) is 10.2 Å². The number of anilines is 1. The van der Waals surface area contributed by atoms with E-state index in [0.717, 1.165) is 0 Å². The number of nitrogens with zero attached hydrogens (tertiary/aromatic N) is 3. The highest BCUT2D eigenvalue weighted by Gasteiger charge is 2.22. The van der Waals surface area contributed by atoms with Gasteiger partial charge in [0.15, 0.2) is 4.67 Å². The van der Waals surface area contributed by atoms with Gasteiger partial charge in [-0.25, -0.2) is 0 Å². The molecule has 20 heavy (non-hydrogen) atoms. The number of hydrogen-bond acceptors (Lipinski definition) is 4. The van der Waals surface area contributed by atoms with Crippen LogP contribution < -0.4 is 5.73 Å². The Bertz CT molecular complexity index is 632. The van der Waals surface area contributed by atoms with E-state index in [9.17, 15) is 4.79 Å². The van der Waals surface area contributed by atoms with Gasteiger partial charge >= 0.3 is 0 Å². The summed E-state index contributed by atoms with van der Waals surface area (Å²) in [4.78, 5) is 14.1. The second-order valence-corrected chi connectivity index (χ2v) is 5.31. The zero-order valence-corrected chi connectivity index (χ0v) is 13.3. The molecule has 7 heteroatoms. The predicted molar refractivity (Wildman–Crippen MR) is 79.3 cm³/mol. The minimum atomic E-state index is -0.169. The molecule has 108 valence electrons. The Hall–Kier alpha value is -1.76. The lowest BCUT2D eigenvalue weighted by Crippen LogP contribution is -2.29. The summed E-state index contributed by atoms with van der Waals surface area (Å²) in [5, 5.41) is 4.26. The molecule has 2 aromatic heterocycles. The van der Waals surface area contributed by atoms with E-state index in [-0.39, 0.29) is 5.91 Å². The Kier molecular flexibility index (Phi) is 4.17. The van der Waals surface area contributed by atoms with Crippen LogP contribution in [0.1, 0.15) is 28.9 Å². The average Bonchev–Trinajstić information content (AvgIpc) is 2.93. The van der Waals surface area contributed by atoms with Gasteiger partial charge in [-0.3, -0.25) is 9.48 Å². The van der Waals surface area contributed by atoms with Crippen molar-refractivity contribution in [3.63, 3.8) is 0 Å². The number of nitrogen functional groups attached to an aromatic ring is 1. The van der Waals surface area contributed by atoms with Gasteiger partial charge in [-0.15, -0.1) is 0 Å². The van der Waals surface area contributed by atoms with Crippen molar-refractivity contribution in [2.45, 2.75) is 26.9 Å². The highest BCUT2D eigenvalue weighted by molar-refractivity contribution is 9.10. The normalized spacial score (nSPS) is 10.8. The van der Waals surface area contributed by atoms with E-state index in [1.165, 1.54) is 0 Å². The number of nitrogens with two attached hydrogens (primary N) is 1. The third-order valence-electron chi connectivity index (χ3n) is 3.04. The number of carbonyl (C=O) groups is 1. The summed E-state index contributed by atoms with van der Waals surface area (Å²) in [6, 6.07) is 3.61. The molecule has 0 fully saturated rings. The maximum atomic E-state index is 12.5. The van der Waals surface area contributed by atoms with Gasteiger partial charge in [0.25, 0.3) is 5.91 Å². The van der Waals surface area contributed by atoms with E-state index in [1.807, 2.05) is 13.0 Å². The molecule has 1 amide bonds. The third kappa shape index (κ3) is 2.72. The van der Waals surface area contributed by atoms with Gasteiger partial charge in [-0.2, -0.15) is 5.10 Å². The van der Waals surface area contributed by atoms with Crippen molar-refractivity contribution in [3.8, 4) is 0 Å². The van der Waals surface area contributed by atoms with Crippen LogP contribution >= 0.6 is 15.9 Å². The minimum Gasteiger partial charge on any atom is -0.452 e. The van der Waals surface area contributed by atoms with Gasteiger partial charge < -0.3 is 15.1 Å². The van der Waals surface area contributed by atoms with Crippen LogP contribution in [-0.4, -0.2) is 27.6 Å². The molecule has 0 aliphatic rings. The number of amides is 1. The molecule has 0 aromatic carbocycles. The number of hydrogen-bond donors (Lipinski definition) is 1. The molecule has 0 atom stereocenters. The van der Waals surface area contributed by atoms with E-state index in [1.54, 1.807) is 29.6 Å². The van der Waals surface area contributed by atoms with Crippen LogP contribution in [0.3, 0.4) is 0 Å². The van der Waals surface area contributed by atoms with Gasteiger partial charge in [0, 0.05) is 13.6 Å². The summed E-state index contributed by atoms with van der Waals surface area (Å²) >= 11 is 3.24. The molecule has 0 spiro atoms. The summed E-state index contributed by atoms with van der Waals surface area (Å²) in [6.07, 6.45) is 0. The molecule has 2 heterocycles. The number of halogens is 1. The van der Waals surface area contributed by atoms with Crippen LogP contribution in [0.5, 0.6) is 0 Å². The number of rotatable bonds is 4. The van der Waals surface area contributed by atoms with E-state index >= 15 is 0 Å². The maximum Gasteiger partial charge on any atom is 0.274 e. The zero-order chi connectivity index (χ0) is 14.9. The second kappa shape index (κ2) is 5.70. The van der Waals surface area contributed by atoms with E-state index in [0.29, 0.717) is 40.6 Å². The van der Waals surface area contributed by atoms with Gasteiger partial charge in [0.2, 0.25) is 0 Å². The van der Waals surface area contributed by atoms with Crippen LogP contribution in [0.2, 0.25) is 0 Å². The molecule has 0 radical (unpaired) electrons. The molecular weight excluding hydrogens is 324 g/mol. The summed E-state index contributed by atoms with van der Waals surface area (Å²) in [5.41, 5.74) is 7.49. The average molecular weight is 341 g/mol. The highest BCUT2D eigenvalue weighted by Crippen LogP contribution is 2.20. The second-order valence-electron chi connectivity index (χ2n) is 4.53. The quantitative estimate of drug-likeness (QED) is 0.927. The Labute approximate surface area is 125 Å². The molecule has 2 N–H and O–H groups in total. The SMILES string of the molecule is CCn1nc(C)c(N)c1C(=O)N(C)Cc1ccc(Br)o1. The highest BCUT2D eigenvalue weighted by atomic mass is 79.9. The maximum absolute atomic E-state index is 12.5. The fourth-order valence-corrected chi connectivity index (χ4v) is 2.31. The lowest BCUT2D eigenvalue weighted by molar-refractivity contribution is 0.0764. The van der Waals surface area contributed by atoms with Crippen LogP contribution in [0.15, 0.2) is 21.2 Å². The number of aryl methyl sites for hydroxylation is 2. The minimum absolute atomic E-state index is 0.169. The van der Waals surface area contributed by atoms with Crippen molar-refractivity contribution < 1.29 is 9.21 Å². The molecular formula is C13H17BrN4O2. The Balaban J connectivity index is 2.22. The Morgan fingerprint density at radius 3 is 2.80 bits per heavy atom. The Morgan fingerprint density at radius 1 is 1.55 bits per heavy atom. The van der Waals surface area contributed by atoms with Crippen molar-refractivity contribution >= 4 is 27.5 Å². The first-order chi connectivity index (χ1) is 9.43. The first-order valence-corrected chi connectivity index (χ1v) is 7.05. The smallest absolute Gasteiger partial charge is 0.274 e. The molecule has 0 aliphatic heterocycles. The third-order valence-corrected chi connectivity index (χ3v) is 3.47. The van der Waals surface area contributed by atoms with Crippen LogP contribution in [0.4, 0.5) is 5.69 Å². The Morgan fingerprint density at radius 2 is 2.25 bits per heavy atom. The lowest BCUT2D eigenvalue weighted by Gasteiger charge is -2.16. The van der Waals surface area contributed by atoms with E-state index < -0.39 is 0 Å². The number of carbonyl (C=O) groups excluding carboxylic acids is 1. The molecule has 0 saturated heterocycles. The number of aromatic nitrogens is 2. The molecule has 2 rings (SSSR count). The topological polar surface area (TPSA) is 77.3 Å². The van der Waals surface area contributed by atoms with Crippen molar-refractivity contribution in [1.82, 2.24) is 14.7 Å². The molecule has 6 nitrogen and oxygen atoms in total. The summed E-state index contributed by atoms with van der Waals surface area (Å²) < 4.78 is 7.67. The first kappa shape index (κ1) is 14.6. The summed E-state index contributed by atoms with van der Waals surface area (Å²) in [7, 11) is 1.71. The monoisotopic (exact) mass is 340 g/mol. The predicted octanol–water partition coefficient (Wildman–Crippen LogP) is 2.42. The van der Waals surface area contributed by atoms with Crippen LogP contribution in [0, 0.1) is 6.92 Å². The van der Waals surface area contributed by atoms with Crippen molar-refractivity contribution in [2.75, 3.05) is 12.8 Å². The zero-order valence-electron chi connectivity index (χ0n) is 11.7. The standard InChI is InChI=1S/C13H17BrN4O2/c1-4-18-12(11(15)8(2)16-18)13(19)17(3)7-9-5-6-10(14)20-9/h5-6H,4,7,15H2,1-3H3. The summed E-state index contributed by atoms with van der Waals surface area (Å²) in [5.74, 6) is 0.531. The van der Waals surface area contributed by atoms with Gasteiger partial charge in [0.1, 0.15) is 11.5 Å². The van der Waals surface area contributed by atoms with Crippen molar-refractivity contribution in [1.29, 1.82) is 0 Å². The lowest BCUT2D eigenvalue weighted by atomic mass is 10.2. The molecule has 0 saturated carbocycles. The molecule has 0 bridgehead atoms. The molecule has 0 unspecified atom stereocenters. The summed E-state index contributed by atoms with van der Waals surface area (Å²) in [6.45, 7) is 4.69. The molecule has 0 aliphatic carbocycles. The van der Waals surface area contributed by atoms with Crippen LogP contribution in [0.25, 0.3) is 0 Å².